The van der Waals surface area contributed by atoms with Crippen LogP contribution in [0.25, 0.3) is 6.08 Å². The number of rotatable bonds is 7. The van der Waals surface area contributed by atoms with Crippen LogP contribution in [0.3, 0.4) is 0 Å². The van der Waals surface area contributed by atoms with Gasteiger partial charge in [0.05, 0.1) is 6.61 Å². The first-order chi connectivity index (χ1) is 9.69. The molecule has 1 N–H and O–H groups in total. The first-order valence-corrected chi connectivity index (χ1v) is 6.52. The van der Waals surface area contributed by atoms with Crippen molar-refractivity contribution >= 4 is 18.3 Å². The molecule has 0 aliphatic carbocycles. The van der Waals surface area contributed by atoms with Crippen molar-refractivity contribution in [1.29, 1.82) is 0 Å². The maximum Gasteiger partial charge on any atom is 0.339 e. The van der Waals surface area contributed by atoms with Crippen LogP contribution in [0.2, 0.25) is 0 Å². The molecule has 20 heavy (non-hydrogen) atoms. The number of allylic oxidation sites excluding steroid dienone is 1. The number of carbonyl (C=O) groups is 1. The summed E-state index contributed by atoms with van der Waals surface area (Å²) in [5.41, 5.74) is 3.96. The maximum absolute atomic E-state index is 11.1. The third-order valence-electron chi connectivity index (χ3n) is 2.56. The minimum absolute atomic E-state index is 0.178. The van der Waals surface area contributed by atoms with E-state index in [2.05, 4.69) is 17.6 Å². The summed E-state index contributed by atoms with van der Waals surface area (Å²) in [7, 11) is 1.68. The second kappa shape index (κ2) is 8.73. The fourth-order valence-corrected chi connectivity index (χ4v) is 1.51. The van der Waals surface area contributed by atoms with Crippen molar-refractivity contribution in [3.8, 4) is 5.75 Å². The highest BCUT2D eigenvalue weighted by Crippen LogP contribution is 2.21. The van der Waals surface area contributed by atoms with Crippen molar-refractivity contribution in [2.24, 2.45) is 4.99 Å². The normalized spacial score (nSPS) is 10.1. The van der Waals surface area contributed by atoms with Gasteiger partial charge >= 0.3 is 5.97 Å². The molecule has 1 aromatic rings. The van der Waals surface area contributed by atoms with Crippen LogP contribution < -0.4 is 4.74 Å². The average Bonchev–Trinajstić information content (AvgIpc) is 2.44. The third kappa shape index (κ3) is 5.12. The van der Waals surface area contributed by atoms with Crippen molar-refractivity contribution < 1.29 is 14.6 Å². The standard InChI is InChI=1S/C16H19NO3/c1-3-4-11-20-15-12-13(7-5-6-10-17-2)8-9-14(15)16(18)19/h6-10,12H,3-4,11H2,1-2H3,(H,18,19). The van der Waals surface area contributed by atoms with Crippen molar-refractivity contribution in [3.63, 3.8) is 0 Å². The van der Waals surface area contributed by atoms with Crippen LogP contribution in [0.5, 0.6) is 5.75 Å². The summed E-state index contributed by atoms with van der Waals surface area (Å²) in [6.07, 6.45) is 6.95. The van der Waals surface area contributed by atoms with Gasteiger partial charge in [-0.15, -0.1) is 5.73 Å². The molecule has 4 nitrogen and oxygen atoms in total. The zero-order valence-corrected chi connectivity index (χ0v) is 11.8. The first kappa shape index (κ1) is 15.7. The van der Waals surface area contributed by atoms with Crippen molar-refractivity contribution in [1.82, 2.24) is 0 Å². The van der Waals surface area contributed by atoms with Crippen LogP contribution in [-0.2, 0) is 0 Å². The lowest BCUT2D eigenvalue weighted by Gasteiger charge is -2.09. The quantitative estimate of drug-likeness (QED) is 0.470. The molecule has 0 radical (unpaired) electrons. The second-order valence-corrected chi connectivity index (χ2v) is 4.15. The monoisotopic (exact) mass is 273 g/mol. The zero-order chi connectivity index (χ0) is 14.8. The SMILES string of the molecule is CCCCOc1cc(C=C=CC=NC)ccc1C(=O)O. The van der Waals surface area contributed by atoms with E-state index in [1.165, 1.54) is 0 Å². The van der Waals surface area contributed by atoms with Gasteiger partial charge in [0.1, 0.15) is 11.3 Å². The molecular formula is C16H19NO3. The summed E-state index contributed by atoms with van der Waals surface area (Å²) in [5, 5.41) is 9.13. The lowest BCUT2D eigenvalue weighted by molar-refractivity contribution is 0.0692. The minimum Gasteiger partial charge on any atom is -0.493 e. The van der Waals surface area contributed by atoms with Gasteiger partial charge in [-0.2, -0.15) is 0 Å². The van der Waals surface area contributed by atoms with Crippen LogP contribution in [0.1, 0.15) is 35.7 Å². The topological polar surface area (TPSA) is 58.9 Å². The van der Waals surface area contributed by atoms with Gasteiger partial charge in [-0.05, 0) is 36.3 Å². The van der Waals surface area contributed by atoms with Gasteiger partial charge < -0.3 is 9.84 Å². The van der Waals surface area contributed by atoms with Crippen LogP contribution in [0.15, 0.2) is 35.0 Å². The Morgan fingerprint density at radius 1 is 1.50 bits per heavy atom. The molecule has 0 heterocycles. The lowest BCUT2D eigenvalue weighted by Crippen LogP contribution is -2.04. The molecule has 0 saturated carbocycles. The van der Waals surface area contributed by atoms with E-state index in [1.807, 2.05) is 0 Å². The molecule has 0 amide bonds. The molecular weight excluding hydrogens is 254 g/mol. The molecule has 0 aromatic heterocycles. The van der Waals surface area contributed by atoms with Crippen LogP contribution in [0, 0.1) is 0 Å². The number of hydrogen-bond acceptors (Lipinski definition) is 3. The van der Waals surface area contributed by atoms with E-state index >= 15 is 0 Å². The summed E-state index contributed by atoms with van der Waals surface area (Å²) >= 11 is 0. The Kier molecular flexibility index (Phi) is 6.87. The number of carboxylic acid groups (broad SMARTS) is 1. The third-order valence-corrected chi connectivity index (χ3v) is 2.56. The minimum atomic E-state index is -0.985. The van der Waals surface area contributed by atoms with E-state index in [-0.39, 0.29) is 5.56 Å². The Morgan fingerprint density at radius 3 is 2.95 bits per heavy atom. The summed E-state index contributed by atoms with van der Waals surface area (Å²) in [6, 6.07) is 4.98. The Balaban J connectivity index is 2.97. The second-order valence-electron chi connectivity index (χ2n) is 4.15. The lowest BCUT2D eigenvalue weighted by atomic mass is 10.1. The van der Waals surface area contributed by atoms with Crippen molar-refractivity contribution in [2.45, 2.75) is 19.8 Å². The van der Waals surface area contributed by atoms with E-state index < -0.39 is 5.97 Å². The summed E-state index contributed by atoms with van der Waals surface area (Å²) < 4.78 is 5.54. The van der Waals surface area contributed by atoms with Gasteiger partial charge in [-0.1, -0.05) is 19.4 Å². The molecule has 0 spiro atoms. The number of benzene rings is 1. The highest BCUT2D eigenvalue weighted by molar-refractivity contribution is 5.91. The first-order valence-electron chi connectivity index (χ1n) is 6.52. The molecule has 0 fully saturated rings. The predicted molar refractivity (Wildman–Crippen MR) is 80.8 cm³/mol. The highest BCUT2D eigenvalue weighted by atomic mass is 16.5. The molecule has 1 aromatic carbocycles. The molecule has 106 valence electrons. The Labute approximate surface area is 119 Å². The van der Waals surface area contributed by atoms with E-state index in [0.717, 1.165) is 18.4 Å². The van der Waals surface area contributed by atoms with E-state index in [9.17, 15) is 4.79 Å². The van der Waals surface area contributed by atoms with Gasteiger partial charge in [0.2, 0.25) is 0 Å². The molecule has 0 saturated heterocycles. The number of unbranched alkanes of at least 4 members (excludes halogenated alkanes) is 1. The summed E-state index contributed by atoms with van der Waals surface area (Å²) in [5.74, 6) is -0.591. The zero-order valence-electron chi connectivity index (χ0n) is 11.8. The Morgan fingerprint density at radius 2 is 2.30 bits per heavy atom. The predicted octanol–water partition coefficient (Wildman–Crippen LogP) is 3.43. The number of aromatic carboxylic acids is 1. The Hall–Kier alpha value is -2.32. The number of nitrogens with zero attached hydrogens (tertiary/aromatic N) is 1. The number of aliphatic imine (C=N–C) groups is 1. The number of ether oxygens (including phenoxy) is 1. The molecule has 0 unspecified atom stereocenters. The van der Waals surface area contributed by atoms with Crippen molar-refractivity contribution in [2.75, 3.05) is 13.7 Å². The highest BCUT2D eigenvalue weighted by Gasteiger charge is 2.11. The van der Waals surface area contributed by atoms with Gasteiger partial charge in [-0.3, -0.25) is 4.99 Å². The van der Waals surface area contributed by atoms with Crippen LogP contribution in [0.4, 0.5) is 0 Å². The van der Waals surface area contributed by atoms with Crippen molar-refractivity contribution in [3.05, 3.63) is 41.1 Å². The van der Waals surface area contributed by atoms with Gasteiger partial charge in [0, 0.05) is 13.3 Å². The molecule has 0 bridgehead atoms. The van der Waals surface area contributed by atoms with E-state index in [1.54, 1.807) is 43.6 Å². The fraction of sp³-hybridized carbons (Fsp3) is 0.312. The van der Waals surface area contributed by atoms with Gasteiger partial charge in [0.15, 0.2) is 0 Å². The maximum atomic E-state index is 11.1. The van der Waals surface area contributed by atoms with Gasteiger partial charge in [0.25, 0.3) is 0 Å². The van der Waals surface area contributed by atoms with E-state index in [0.29, 0.717) is 12.4 Å². The molecule has 4 heteroatoms. The molecule has 0 aliphatic heterocycles. The average molecular weight is 273 g/mol. The molecule has 0 atom stereocenters. The molecule has 0 aliphatic rings. The smallest absolute Gasteiger partial charge is 0.339 e. The van der Waals surface area contributed by atoms with Crippen LogP contribution in [-0.4, -0.2) is 30.9 Å². The van der Waals surface area contributed by atoms with E-state index in [4.69, 9.17) is 9.84 Å². The summed E-state index contributed by atoms with van der Waals surface area (Å²) in [6.45, 7) is 2.57. The largest absolute Gasteiger partial charge is 0.493 e. The molecule has 1 rings (SSSR count). The number of hydrogen-bond donors (Lipinski definition) is 1. The fourth-order valence-electron chi connectivity index (χ4n) is 1.51. The summed E-state index contributed by atoms with van der Waals surface area (Å²) in [4.78, 5) is 14.9. The number of carboxylic acids is 1. The Bertz CT molecular complexity index is 541. The van der Waals surface area contributed by atoms with Gasteiger partial charge in [-0.25, -0.2) is 4.79 Å². The van der Waals surface area contributed by atoms with Crippen LogP contribution >= 0.6 is 0 Å².